The lowest BCUT2D eigenvalue weighted by molar-refractivity contribution is -0.130. The van der Waals surface area contributed by atoms with E-state index in [-0.39, 0.29) is 11.8 Å². The van der Waals surface area contributed by atoms with Crippen molar-refractivity contribution in [2.24, 2.45) is 0 Å². The summed E-state index contributed by atoms with van der Waals surface area (Å²) in [5.41, 5.74) is 2.36. The van der Waals surface area contributed by atoms with Gasteiger partial charge in [0.2, 0.25) is 5.91 Å². The molecule has 2 rings (SSSR count). The van der Waals surface area contributed by atoms with Crippen molar-refractivity contribution in [1.29, 1.82) is 0 Å². The molecule has 0 saturated heterocycles. The highest BCUT2D eigenvalue weighted by Gasteiger charge is 2.20. The normalized spacial score (nSPS) is 10.5. The molecule has 2 heteroatoms. The van der Waals surface area contributed by atoms with Gasteiger partial charge in [0.05, 0.1) is 0 Å². The van der Waals surface area contributed by atoms with Gasteiger partial charge in [-0.2, -0.15) is 0 Å². The Bertz CT molecular complexity index is 552. The van der Waals surface area contributed by atoms with E-state index in [1.807, 2.05) is 48.2 Å². The number of carbonyl (C=O) groups excluding carboxylic acids is 1. The average molecular weight is 293 g/mol. The molecule has 0 radical (unpaired) electrons. The van der Waals surface area contributed by atoms with Gasteiger partial charge in [0, 0.05) is 25.4 Å². The summed E-state index contributed by atoms with van der Waals surface area (Å²) in [6.07, 6.45) is 2.26. The summed E-state index contributed by atoms with van der Waals surface area (Å²) >= 11 is 0. The van der Waals surface area contributed by atoms with Gasteiger partial charge in [0.15, 0.2) is 0 Å². The van der Waals surface area contributed by atoms with Crippen LogP contribution in [0.1, 0.15) is 30.4 Å². The zero-order valence-corrected chi connectivity index (χ0v) is 13.1. The van der Waals surface area contributed by atoms with Gasteiger partial charge in [-0.1, -0.05) is 66.7 Å². The zero-order chi connectivity index (χ0) is 15.8. The largest absolute Gasteiger partial charge is 0.339 e. The maximum Gasteiger partial charge on any atom is 0.223 e. The average Bonchev–Trinajstić information content (AvgIpc) is 2.59. The Morgan fingerprint density at radius 1 is 1.05 bits per heavy atom. The predicted molar refractivity (Wildman–Crippen MR) is 91.8 cm³/mol. The summed E-state index contributed by atoms with van der Waals surface area (Å²) in [4.78, 5) is 14.4. The Hall–Kier alpha value is -2.35. The first-order chi connectivity index (χ1) is 10.8. The number of benzene rings is 2. The molecular formula is C20H23NO. The molecular weight excluding hydrogens is 270 g/mol. The molecule has 0 aromatic heterocycles. The van der Waals surface area contributed by atoms with E-state index in [0.29, 0.717) is 19.5 Å². The van der Waals surface area contributed by atoms with Gasteiger partial charge in [-0.3, -0.25) is 4.79 Å². The molecule has 0 aliphatic carbocycles. The van der Waals surface area contributed by atoms with Crippen LogP contribution < -0.4 is 0 Å². The quantitative estimate of drug-likeness (QED) is 0.699. The minimum Gasteiger partial charge on any atom is -0.339 e. The number of hydrogen-bond donors (Lipinski definition) is 0. The second-order valence-corrected chi connectivity index (χ2v) is 5.30. The van der Waals surface area contributed by atoms with Crippen LogP contribution in [0.4, 0.5) is 0 Å². The summed E-state index contributed by atoms with van der Waals surface area (Å²) in [7, 11) is 0. The van der Waals surface area contributed by atoms with Crippen molar-refractivity contribution in [3.8, 4) is 0 Å². The Balaban J connectivity index is 2.26. The zero-order valence-electron chi connectivity index (χ0n) is 13.1. The molecule has 1 amide bonds. The maximum absolute atomic E-state index is 12.6. The number of nitrogens with zero attached hydrogens (tertiary/aromatic N) is 1. The van der Waals surface area contributed by atoms with E-state index in [1.165, 1.54) is 11.1 Å². The molecule has 0 aliphatic heterocycles. The van der Waals surface area contributed by atoms with Crippen molar-refractivity contribution >= 4 is 5.91 Å². The highest BCUT2D eigenvalue weighted by Crippen LogP contribution is 2.28. The van der Waals surface area contributed by atoms with Gasteiger partial charge in [0.1, 0.15) is 0 Å². The molecule has 0 aliphatic rings. The highest BCUT2D eigenvalue weighted by atomic mass is 16.2. The fourth-order valence-corrected chi connectivity index (χ4v) is 2.67. The van der Waals surface area contributed by atoms with E-state index in [1.54, 1.807) is 6.08 Å². The molecule has 22 heavy (non-hydrogen) atoms. The third-order valence-corrected chi connectivity index (χ3v) is 3.87. The van der Waals surface area contributed by atoms with E-state index in [2.05, 4.69) is 30.8 Å². The van der Waals surface area contributed by atoms with Crippen molar-refractivity contribution in [1.82, 2.24) is 4.90 Å². The van der Waals surface area contributed by atoms with Gasteiger partial charge < -0.3 is 4.90 Å². The lowest BCUT2D eigenvalue weighted by Crippen LogP contribution is -2.32. The van der Waals surface area contributed by atoms with Gasteiger partial charge in [-0.05, 0) is 18.1 Å². The summed E-state index contributed by atoms with van der Waals surface area (Å²) < 4.78 is 0. The number of rotatable bonds is 7. The molecule has 0 bridgehead atoms. The first kappa shape index (κ1) is 16.0. The minimum absolute atomic E-state index is 0.0914. The van der Waals surface area contributed by atoms with E-state index in [9.17, 15) is 4.79 Å². The summed E-state index contributed by atoms with van der Waals surface area (Å²) in [6.45, 7) is 7.05. The van der Waals surface area contributed by atoms with Crippen LogP contribution in [0.2, 0.25) is 0 Å². The SMILES string of the molecule is C=CCN(CC)C(=O)CC(c1ccccc1)c1ccccc1. The van der Waals surface area contributed by atoms with Crippen molar-refractivity contribution < 1.29 is 4.79 Å². The summed E-state index contributed by atoms with van der Waals surface area (Å²) in [6, 6.07) is 20.5. The van der Waals surface area contributed by atoms with Crippen LogP contribution in [-0.4, -0.2) is 23.9 Å². The van der Waals surface area contributed by atoms with Crippen LogP contribution in [0.5, 0.6) is 0 Å². The number of amides is 1. The smallest absolute Gasteiger partial charge is 0.223 e. The molecule has 114 valence electrons. The van der Waals surface area contributed by atoms with Crippen molar-refractivity contribution in [2.75, 3.05) is 13.1 Å². The molecule has 0 fully saturated rings. The second-order valence-electron chi connectivity index (χ2n) is 5.30. The predicted octanol–water partition coefficient (Wildman–Crippen LogP) is 4.24. The number of hydrogen-bond acceptors (Lipinski definition) is 1. The Kier molecular flexibility index (Phi) is 5.96. The van der Waals surface area contributed by atoms with Gasteiger partial charge in [0.25, 0.3) is 0 Å². The molecule has 2 aromatic rings. The fourth-order valence-electron chi connectivity index (χ4n) is 2.67. The molecule has 0 N–H and O–H groups in total. The first-order valence-corrected chi connectivity index (χ1v) is 7.74. The van der Waals surface area contributed by atoms with Crippen LogP contribution in [0, 0.1) is 0 Å². The standard InChI is InChI=1S/C20H23NO/c1-3-15-21(4-2)20(22)16-19(17-11-7-5-8-12-17)18-13-9-6-10-14-18/h3,5-14,19H,1,4,15-16H2,2H3. The Morgan fingerprint density at radius 3 is 1.95 bits per heavy atom. The van der Waals surface area contributed by atoms with E-state index in [0.717, 1.165) is 0 Å². The number of likely N-dealkylation sites (N-methyl/N-ethyl adjacent to an activating group) is 1. The first-order valence-electron chi connectivity index (χ1n) is 7.74. The number of carbonyl (C=O) groups is 1. The van der Waals surface area contributed by atoms with E-state index >= 15 is 0 Å². The van der Waals surface area contributed by atoms with E-state index < -0.39 is 0 Å². The van der Waals surface area contributed by atoms with Crippen LogP contribution in [0.15, 0.2) is 73.3 Å². The Morgan fingerprint density at radius 2 is 1.55 bits per heavy atom. The maximum atomic E-state index is 12.6. The van der Waals surface area contributed by atoms with Crippen LogP contribution >= 0.6 is 0 Å². The molecule has 0 unspecified atom stereocenters. The van der Waals surface area contributed by atoms with Crippen molar-refractivity contribution in [3.63, 3.8) is 0 Å². The molecule has 2 aromatic carbocycles. The molecule has 0 atom stereocenters. The van der Waals surface area contributed by atoms with Crippen molar-refractivity contribution in [2.45, 2.75) is 19.3 Å². The molecule has 0 saturated carbocycles. The second kappa shape index (κ2) is 8.18. The molecule has 0 heterocycles. The lowest BCUT2D eigenvalue weighted by atomic mass is 9.88. The third-order valence-electron chi connectivity index (χ3n) is 3.87. The van der Waals surface area contributed by atoms with Crippen molar-refractivity contribution in [3.05, 3.63) is 84.4 Å². The van der Waals surface area contributed by atoms with Gasteiger partial charge in [-0.15, -0.1) is 6.58 Å². The van der Waals surface area contributed by atoms with E-state index in [4.69, 9.17) is 0 Å². The highest BCUT2D eigenvalue weighted by molar-refractivity contribution is 5.78. The van der Waals surface area contributed by atoms with Crippen LogP contribution in [0.25, 0.3) is 0 Å². The van der Waals surface area contributed by atoms with Crippen LogP contribution in [-0.2, 0) is 4.79 Å². The third kappa shape index (κ3) is 4.08. The Labute approximate surface area is 133 Å². The van der Waals surface area contributed by atoms with Crippen LogP contribution in [0.3, 0.4) is 0 Å². The summed E-state index contributed by atoms with van der Waals surface area (Å²) in [5.74, 6) is 0.258. The lowest BCUT2D eigenvalue weighted by Gasteiger charge is -2.23. The molecule has 0 spiro atoms. The topological polar surface area (TPSA) is 20.3 Å². The monoisotopic (exact) mass is 293 g/mol. The minimum atomic E-state index is 0.0914. The summed E-state index contributed by atoms with van der Waals surface area (Å²) in [5, 5.41) is 0. The van der Waals surface area contributed by atoms with Gasteiger partial charge >= 0.3 is 0 Å². The van der Waals surface area contributed by atoms with Gasteiger partial charge in [-0.25, -0.2) is 0 Å². The molecule has 2 nitrogen and oxygen atoms in total. The fraction of sp³-hybridized carbons (Fsp3) is 0.250.